The quantitative estimate of drug-likeness (QED) is 0.474. The van der Waals surface area contributed by atoms with E-state index in [0.717, 1.165) is 44.5 Å². The molecular weight excluding hydrogens is 432 g/mol. The molecule has 2 amide bonds. The van der Waals surface area contributed by atoms with Crippen molar-refractivity contribution in [3.8, 4) is 0 Å². The zero-order chi connectivity index (χ0) is 23.0. The van der Waals surface area contributed by atoms with Gasteiger partial charge in [0.05, 0.1) is 0 Å². The zero-order valence-corrected chi connectivity index (χ0v) is 19.8. The standard InChI is InChI=1S/C26H30N4O2S/c1-20(31)22-6-2-7-23(17-22)28-26(32)30(19-21-5-3-12-27-18-21)24-9-13-29(14-10-24)15-11-25-8-4-16-33-25/h2-8,12,16-18,24H,9-11,13-15,19H2,1H3,(H,28,32). The Morgan fingerprint density at radius 3 is 2.70 bits per heavy atom. The number of hydrogen-bond donors (Lipinski definition) is 1. The maximum absolute atomic E-state index is 13.4. The number of nitrogens with one attached hydrogen (secondary N) is 1. The van der Waals surface area contributed by atoms with Crippen LogP contribution in [-0.2, 0) is 13.0 Å². The lowest BCUT2D eigenvalue weighted by molar-refractivity contribution is 0.101. The zero-order valence-electron chi connectivity index (χ0n) is 18.9. The number of likely N-dealkylation sites (tertiary alicyclic amines) is 1. The average molecular weight is 463 g/mol. The number of ketones is 1. The largest absolute Gasteiger partial charge is 0.322 e. The lowest BCUT2D eigenvalue weighted by Gasteiger charge is -2.38. The monoisotopic (exact) mass is 462 g/mol. The first-order valence-electron chi connectivity index (χ1n) is 11.4. The van der Waals surface area contributed by atoms with Crippen molar-refractivity contribution in [2.24, 2.45) is 0 Å². The smallest absolute Gasteiger partial charge is 0.317 e. The van der Waals surface area contributed by atoms with Crippen molar-refractivity contribution in [1.82, 2.24) is 14.8 Å². The lowest BCUT2D eigenvalue weighted by atomic mass is 10.0. The molecular formula is C26H30N4O2S. The van der Waals surface area contributed by atoms with Gasteiger partial charge in [0.2, 0.25) is 0 Å². The number of Topliss-reactive ketones (excluding diaryl/α,β-unsaturated/α-hetero) is 1. The summed E-state index contributed by atoms with van der Waals surface area (Å²) >= 11 is 1.81. The number of rotatable bonds is 8. The summed E-state index contributed by atoms with van der Waals surface area (Å²) in [4.78, 5) is 35.1. The molecule has 4 rings (SSSR count). The Hall–Kier alpha value is -3.03. The molecule has 1 saturated heterocycles. The van der Waals surface area contributed by atoms with Crippen LogP contribution >= 0.6 is 11.3 Å². The van der Waals surface area contributed by atoms with Crippen LogP contribution in [0.3, 0.4) is 0 Å². The second kappa shape index (κ2) is 11.2. The Kier molecular flexibility index (Phi) is 7.86. The van der Waals surface area contributed by atoms with Gasteiger partial charge in [-0.15, -0.1) is 11.3 Å². The number of nitrogens with zero attached hydrogens (tertiary/aromatic N) is 3. The van der Waals surface area contributed by atoms with Gasteiger partial charge in [0.25, 0.3) is 0 Å². The van der Waals surface area contributed by atoms with Crippen molar-refractivity contribution in [2.45, 2.75) is 38.8 Å². The second-order valence-electron chi connectivity index (χ2n) is 8.46. The topological polar surface area (TPSA) is 65.5 Å². The highest BCUT2D eigenvalue weighted by Crippen LogP contribution is 2.22. The number of amides is 2. The number of anilines is 1. The first-order chi connectivity index (χ1) is 16.1. The summed E-state index contributed by atoms with van der Waals surface area (Å²) in [5.74, 6) is -0.0202. The molecule has 7 heteroatoms. The Morgan fingerprint density at radius 2 is 2.00 bits per heavy atom. The first-order valence-corrected chi connectivity index (χ1v) is 12.3. The number of thiophene rings is 1. The van der Waals surface area contributed by atoms with Crippen LogP contribution in [0, 0.1) is 0 Å². The van der Waals surface area contributed by atoms with E-state index in [1.807, 2.05) is 40.6 Å². The van der Waals surface area contributed by atoms with Gasteiger partial charge >= 0.3 is 6.03 Å². The van der Waals surface area contributed by atoms with E-state index in [1.54, 1.807) is 24.4 Å². The first kappa shape index (κ1) is 23.1. The molecule has 1 N–H and O–H groups in total. The number of urea groups is 1. The van der Waals surface area contributed by atoms with Crippen LogP contribution in [0.1, 0.15) is 40.6 Å². The van der Waals surface area contributed by atoms with Crippen molar-refractivity contribution >= 4 is 28.8 Å². The summed E-state index contributed by atoms with van der Waals surface area (Å²) in [6.07, 6.45) is 6.51. The van der Waals surface area contributed by atoms with Gasteiger partial charge in [0.1, 0.15) is 0 Å². The predicted octanol–water partition coefficient (Wildman–Crippen LogP) is 5.09. The molecule has 0 radical (unpaired) electrons. The van der Waals surface area contributed by atoms with Crippen LogP contribution in [0.25, 0.3) is 0 Å². The third-order valence-corrected chi connectivity index (χ3v) is 7.05. The van der Waals surface area contributed by atoms with Crippen LogP contribution in [0.4, 0.5) is 10.5 Å². The molecule has 6 nitrogen and oxygen atoms in total. The van der Waals surface area contributed by atoms with E-state index in [-0.39, 0.29) is 17.9 Å². The van der Waals surface area contributed by atoms with Crippen LogP contribution in [0.15, 0.2) is 66.3 Å². The van der Waals surface area contributed by atoms with Gasteiger partial charge in [-0.2, -0.15) is 0 Å². The Morgan fingerprint density at radius 1 is 1.15 bits per heavy atom. The van der Waals surface area contributed by atoms with Crippen molar-refractivity contribution < 1.29 is 9.59 Å². The number of hydrogen-bond acceptors (Lipinski definition) is 5. The molecule has 2 aromatic heterocycles. The summed E-state index contributed by atoms with van der Waals surface area (Å²) in [6.45, 7) is 5.05. The number of aromatic nitrogens is 1. The van der Waals surface area contributed by atoms with Gasteiger partial charge in [0, 0.05) is 60.7 Å². The van der Waals surface area contributed by atoms with E-state index in [9.17, 15) is 9.59 Å². The fourth-order valence-corrected chi connectivity index (χ4v) is 4.94. The Balaban J connectivity index is 1.42. The third kappa shape index (κ3) is 6.49. The molecule has 1 aromatic carbocycles. The maximum Gasteiger partial charge on any atom is 0.322 e. The van der Waals surface area contributed by atoms with E-state index in [2.05, 4.69) is 32.7 Å². The number of benzene rings is 1. The van der Waals surface area contributed by atoms with Crippen LogP contribution < -0.4 is 5.32 Å². The van der Waals surface area contributed by atoms with Gasteiger partial charge < -0.3 is 15.1 Å². The number of carbonyl (C=O) groups is 2. The van der Waals surface area contributed by atoms with Crippen molar-refractivity contribution in [3.05, 3.63) is 82.3 Å². The van der Waals surface area contributed by atoms with Crippen molar-refractivity contribution in [3.63, 3.8) is 0 Å². The third-order valence-electron chi connectivity index (χ3n) is 6.11. The summed E-state index contributed by atoms with van der Waals surface area (Å²) in [5, 5.41) is 5.14. The average Bonchev–Trinajstić information content (AvgIpc) is 3.36. The minimum atomic E-state index is -0.142. The predicted molar refractivity (Wildman–Crippen MR) is 133 cm³/mol. The van der Waals surface area contributed by atoms with Gasteiger partial charge in [-0.1, -0.05) is 24.3 Å². The number of carbonyl (C=O) groups excluding carboxylic acids is 2. The number of pyridine rings is 1. The van der Waals surface area contributed by atoms with Gasteiger partial charge in [-0.05, 0) is 61.4 Å². The van der Waals surface area contributed by atoms with E-state index in [4.69, 9.17) is 0 Å². The summed E-state index contributed by atoms with van der Waals surface area (Å²) in [7, 11) is 0. The molecule has 0 unspecified atom stereocenters. The molecule has 1 aliphatic heterocycles. The highest BCUT2D eigenvalue weighted by atomic mass is 32.1. The fourth-order valence-electron chi connectivity index (χ4n) is 4.24. The molecule has 0 aliphatic carbocycles. The van der Waals surface area contributed by atoms with Gasteiger partial charge in [-0.3, -0.25) is 9.78 Å². The summed E-state index contributed by atoms with van der Waals surface area (Å²) < 4.78 is 0. The molecule has 3 aromatic rings. The maximum atomic E-state index is 13.4. The summed E-state index contributed by atoms with van der Waals surface area (Å²) in [5.41, 5.74) is 2.23. The second-order valence-corrected chi connectivity index (χ2v) is 9.49. The van der Waals surface area contributed by atoms with Crippen molar-refractivity contribution in [2.75, 3.05) is 25.0 Å². The van der Waals surface area contributed by atoms with Crippen LogP contribution in [-0.4, -0.2) is 52.3 Å². The van der Waals surface area contributed by atoms with E-state index in [1.165, 1.54) is 11.8 Å². The Labute approximate surface area is 199 Å². The van der Waals surface area contributed by atoms with Gasteiger partial charge in [0.15, 0.2) is 5.78 Å². The molecule has 0 spiro atoms. The van der Waals surface area contributed by atoms with Crippen LogP contribution in [0.5, 0.6) is 0 Å². The van der Waals surface area contributed by atoms with E-state index in [0.29, 0.717) is 17.8 Å². The molecule has 1 aliphatic rings. The SMILES string of the molecule is CC(=O)c1cccc(NC(=O)N(Cc2cccnc2)C2CCN(CCc3cccs3)CC2)c1. The van der Waals surface area contributed by atoms with Crippen molar-refractivity contribution in [1.29, 1.82) is 0 Å². The normalized spacial score (nSPS) is 14.7. The summed E-state index contributed by atoms with van der Waals surface area (Å²) in [6, 6.07) is 15.3. The minimum absolute atomic E-state index is 0.0202. The molecule has 33 heavy (non-hydrogen) atoms. The molecule has 3 heterocycles. The van der Waals surface area contributed by atoms with E-state index < -0.39 is 0 Å². The highest BCUT2D eigenvalue weighted by Gasteiger charge is 2.28. The molecule has 0 bridgehead atoms. The highest BCUT2D eigenvalue weighted by molar-refractivity contribution is 7.09. The van der Waals surface area contributed by atoms with Crippen LogP contribution in [0.2, 0.25) is 0 Å². The van der Waals surface area contributed by atoms with E-state index >= 15 is 0 Å². The lowest BCUT2D eigenvalue weighted by Crippen LogP contribution is -2.48. The molecule has 0 saturated carbocycles. The Bertz CT molecular complexity index is 1050. The van der Waals surface area contributed by atoms with Gasteiger partial charge in [-0.25, -0.2) is 4.79 Å². The molecule has 0 atom stereocenters. The minimum Gasteiger partial charge on any atom is -0.317 e. The molecule has 172 valence electrons. The molecule has 1 fully saturated rings. The fraction of sp³-hybridized carbons (Fsp3) is 0.346. The number of piperidine rings is 1.